The average Bonchev–Trinajstić information content (AvgIpc) is 2.55. The van der Waals surface area contributed by atoms with Crippen LogP contribution in [0.5, 0.6) is 0 Å². The number of nitrogens with zero attached hydrogens (tertiary/aromatic N) is 1. The van der Waals surface area contributed by atoms with E-state index in [-0.39, 0.29) is 18.9 Å². The third-order valence-electron chi connectivity index (χ3n) is 2.91. The molecule has 1 aromatic rings. The number of anilines is 1. The van der Waals surface area contributed by atoms with Gasteiger partial charge in [-0.1, -0.05) is 17.7 Å². The minimum Gasteiger partial charge on any atom is -0.479 e. The second-order valence-electron chi connectivity index (χ2n) is 4.51. The van der Waals surface area contributed by atoms with Crippen LogP contribution in [0, 0.1) is 0 Å². The maximum Gasteiger partial charge on any atom is 0.337 e. The predicted molar refractivity (Wildman–Crippen MR) is 65.8 cm³/mol. The summed E-state index contributed by atoms with van der Waals surface area (Å²) in [5, 5.41) is 19.1. The van der Waals surface area contributed by atoms with E-state index in [0.717, 1.165) is 12.5 Å². The quantitative estimate of drug-likeness (QED) is 0.860. The molecule has 96 valence electrons. The highest BCUT2D eigenvalue weighted by molar-refractivity contribution is 6.31. The summed E-state index contributed by atoms with van der Waals surface area (Å²) < 4.78 is 0. The van der Waals surface area contributed by atoms with E-state index in [4.69, 9.17) is 16.7 Å². The van der Waals surface area contributed by atoms with E-state index in [1.807, 2.05) is 0 Å². The first-order valence-electron chi connectivity index (χ1n) is 5.36. The largest absolute Gasteiger partial charge is 0.479 e. The van der Waals surface area contributed by atoms with Crippen LogP contribution in [0.2, 0.25) is 5.02 Å². The van der Waals surface area contributed by atoms with Gasteiger partial charge in [-0.15, -0.1) is 0 Å². The van der Waals surface area contributed by atoms with Crippen molar-refractivity contribution in [1.29, 1.82) is 0 Å². The number of halogens is 1. The average molecular weight is 270 g/mol. The van der Waals surface area contributed by atoms with Crippen molar-refractivity contribution in [2.45, 2.75) is 18.9 Å². The number of aliphatic carboxylic acids is 1. The zero-order valence-corrected chi connectivity index (χ0v) is 10.4. The van der Waals surface area contributed by atoms with Gasteiger partial charge in [-0.25, -0.2) is 4.79 Å². The van der Waals surface area contributed by atoms with Gasteiger partial charge in [0.25, 0.3) is 0 Å². The standard InChI is InChI=1S/C12H12ClNO4/c1-12(18,11(16)17)6-14-9-5-8(13)3-2-7(9)4-10(14)15/h2-3,5,18H,4,6H2,1H3,(H,16,17). The van der Waals surface area contributed by atoms with Crippen LogP contribution in [0.15, 0.2) is 18.2 Å². The molecule has 0 fully saturated rings. The number of benzene rings is 1. The Bertz CT molecular complexity index is 527. The van der Waals surface area contributed by atoms with Crippen LogP contribution in [0.4, 0.5) is 5.69 Å². The molecule has 2 rings (SSSR count). The smallest absolute Gasteiger partial charge is 0.337 e. The Balaban J connectivity index is 2.33. The van der Waals surface area contributed by atoms with E-state index in [0.29, 0.717) is 10.7 Å². The highest BCUT2D eigenvalue weighted by Gasteiger charge is 2.38. The highest BCUT2D eigenvalue weighted by Crippen LogP contribution is 2.32. The van der Waals surface area contributed by atoms with Crippen LogP contribution in [0.3, 0.4) is 0 Å². The molecule has 1 heterocycles. The molecule has 1 aliphatic heterocycles. The van der Waals surface area contributed by atoms with Gasteiger partial charge in [-0.05, 0) is 24.6 Å². The molecule has 0 aliphatic carbocycles. The van der Waals surface area contributed by atoms with Crippen LogP contribution >= 0.6 is 11.6 Å². The molecule has 1 unspecified atom stereocenters. The molecule has 5 nitrogen and oxygen atoms in total. The summed E-state index contributed by atoms with van der Waals surface area (Å²) in [6, 6.07) is 5.00. The molecular formula is C12H12ClNO4. The lowest BCUT2D eigenvalue weighted by Gasteiger charge is -2.25. The van der Waals surface area contributed by atoms with E-state index in [1.54, 1.807) is 18.2 Å². The third-order valence-corrected chi connectivity index (χ3v) is 3.14. The van der Waals surface area contributed by atoms with E-state index in [1.165, 1.54) is 4.90 Å². The summed E-state index contributed by atoms with van der Waals surface area (Å²) >= 11 is 5.85. The molecule has 1 amide bonds. The van der Waals surface area contributed by atoms with Gasteiger partial charge in [0.15, 0.2) is 5.60 Å². The summed E-state index contributed by atoms with van der Waals surface area (Å²) in [4.78, 5) is 24.0. The molecule has 0 bridgehead atoms. The summed E-state index contributed by atoms with van der Waals surface area (Å²) in [5.41, 5.74) is -0.640. The molecule has 6 heteroatoms. The van der Waals surface area contributed by atoms with Gasteiger partial charge in [0.05, 0.1) is 13.0 Å². The number of rotatable bonds is 3. The van der Waals surface area contributed by atoms with Gasteiger partial charge in [-0.3, -0.25) is 4.79 Å². The van der Waals surface area contributed by atoms with Crippen molar-refractivity contribution in [1.82, 2.24) is 0 Å². The topological polar surface area (TPSA) is 77.8 Å². The minimum atomic E-state index is -1.99. The Morgan fingerprint density at radius 3 is 2.83 bits per heavy atom. The molecule has 18 heavy (non-hydrogen) atoms. The summed E-state index contributed by atoms with van der Waals surface area (Å²) in [6.07, 6.45) is 0.197. The number of amides is 1. The molecule has 0 spiro atoms. The van der Waals surface area contributed by atoms with Crippen LogP contribution in [0.25, 0.3) is 0 Å². The summed E-state index contributed by atoms with van der Waals surface area (Å²) in [5.74, 6) is -1.61. The van der Waals surface area contributed by atoms with Crippen molar-refractivity contribution in [3.8, 4) is 0 Å². The Labute approximate surface area is 109 Å². The van der Waals surface area contributed by atoms with Crippen molar-refractivity contribution < 1.29 is 19.8 Å². The SMILES string of the molecule is CC(O)(CN1C(=O)Cc2ccc(Cl)cc21)C(=O)O. The number of β-amino-alcohol motifs (C(OH)–C–C–N with tert-alkyl or cyclic N) is 1. The van der Waals surface area contributed by atoms with Crippen LogP contribution in [0.1, 0.15) is 12.5 Å². The number of carboxylic acid groups (broad SMARTS) is 1. The highest BCUT2D eigenvalue weighted by atomic mass is 35.5. The first kappa shape index (κ1) is 12.9. The fourth-order valence-corrected chi connectivity index (χ4v) is 2.05. The first-order chi connectivity index (χ1) is 8.31. The van der Waals surface area contributed by atoms with E-state index in [2.05, 4.69) is 0 Å². The van der Waals surface area contributed by atoms with Crippen molar-refractivity contribution >= 4 is 29.2 Å². The molecule has 1 aliphatic rings. The lowest BCUT2D eigenvalue weighted by molar-refractivity contribution is -0.155. The summed E-state index contributed by atoms with van der Waals surface area (Å²) in [6.45, 7) is 0.861. The van der Waals surface area contributed by atoms with E-state index < -0.39 is 11.6 Å². The minimum absolute atomic E-state index is 0.197. The zero-order valence-electron chi connectivity index (χ0n) is 9.68. The fraction of sp³-hybridized carbons (Fsp3) is 0.333. The maximum absolute atomic E-state index is 11.8. The zero-order chi connectivity index (χ0) is 13.5. The van der Waals surface area contributed by atoms with Crippen molar-refractivity contribution in [3.05, 3.63) is 28.8 Å². The van der Waals surface area contributed by atoms with Crippen LogP contribution < -0.4 is 4.90 Å². The Hall–Kier alpha value is -1.59. The van der Waals surface area contributed by atoms with Gasteiger partial charge < -0.3 is 15.1 Å². The Kier molecular flexibility index (Phi) is 3.04. The molecular weight excluding hydrogens is 258 g/mol. The number of hydrogen-bond donors (Lipinski definition) is 2. The number of fused-ring (bicyclic) bond motifs is 1. The molecule has 1 atom stereocenters. The number of hydrogen-bond acceptors (Lipinski definition) is 3. The van der Waals surface area contributed by atoms with E-state index in [9.17, 15) is 14.7 Å². The number of carboxylic acids is 1. The molecule has 2 N–H and O–H groups in total. The monoisotopic (exact) mass is 269 g/mol. The Morgan fingerprint density at radius 2 is 2.22 bits per heavy atom. The van der Waals surface area contributed by atoms with Crippen LogP contribution in [-0.4, -0.2) is 34.2 Å². The summed E-state index contributed by atoms with van der Waals surface area (Å²) in [7, 11) is 0. The normalized spacial score (nSPS) is 17.5. The van der Waals surface area contributed by atoms with Crippen molar-refractivity contribution in [2.75, 3.05) is 11.4 Å². The number of aliphatic hydroxyl groups is 1. The Morgan fingerprint density at radius 1 is 1.56 bits per heavy atom. The molecule has 0 saturated heterocycles. The third kappa shape index (κ3) is 2.19. The maximum atomic E-state index is 11.8. The van der Waals surface area contributed by atoms with Crippen molar-refractivity contribution in [2.24, 2.45) is 0 Å². The predicted octanol–water partition coefficient (Wildman–Crippen LogP) is 1.06. The lowest BCUT2D eigenvalue weighted by atomic mass is 10.1. The fourth-order valence-electron chi connectivity index (χ4n) is 1.88. The van der Waals surface area contributed by atoms with Gasteiger partial charge in [0.2, 0.25) is 5.91 Å². The van der Waals surface area contributed by atoms with Crippen molar-refractivity contribution in [3.63, 3.8) is 0 Å². The van der Waals surface area contributed by atoms with Gasteiger partial charge >= 0.3 is 5.97 Å². The number of carbonyl (C=O) groups excluding carboxylic acids is 1. The molecule has 0 aromatic heterocycles. The second kappa shape index (κ2) is 4.26. The second-order valence-corrected chi connectivity index (χ2v) is 4.95. The molecule has 0 saturated carbocycles. The molecule has 0 radical (unpaired) electrons. The van der Waals surface area contributed by atoms with Gasteiger partial charge in [0, 0.05) is 10.7 Å². The number of carbonyl (C=O) groups is 2. The van der Waals surface area contributed by atoms with Gasteiger partial charge in [-0.2, -0.15) is 0 Å². The molecule has 1 aromatic carbocycles. The van der Waals surface area contributed by atoms with Crippen LogP contribution in [-0.2, 0) is 16.0 Å². The van der Waals surface area contributed by atoms with Gasteiger partial charge in [0.1, 0.15) is 0 Å². The van der Waals surface area contributed by atoms with E-state index >= 15 is 0 Å². The lowest BCUT2D eigenvalue weighted by Crippen LogP contribution is -2.47. The first-order valence-corrected chi connectivity index (χ1v) is 5.73.